The molecule has 9 nitrogen and oxygen atoms in total. The van der Waals surface area contributed by atoms with E-state index in [1.54, 1.807) is 28.6 Å². The molecular weight excluding hydrogens is 438 g/mol. The molecule has 2 aromatic carbocycles. The van der Waals surface area contributed by atoms with Crippen LogP contribution < -0.4 is 15.6 Å². The van der Waals surface area contributed by atoms with E-state index in [0.717, 1.165) is 22.9 Å². The van der Waals surface area contributed by atoms with Gasteiger partial charge in [-0.1, -0.05) is 23.9 Å². The predicted molar refractivity (Wildman–Crippen MR) is 129 cm³/mol. The molecule has 10 heteroatoms. The van der Waals surface area contributed by atoms with Gasteiger partial charge in [-0.2, -0.15) is 9.50 Å². The van der Waals surface area contributed by atoms with Crippen molar-refractivity contribution in [2.45, 2.75) is 18.6 Å². The van der Waals surface area contributed by atoms with Gasteiger partial charge in [0.15, 0.2) is 0 Å². The number of para-hydroxylation sites is 1. The maximum Gasteiger partial charge on any atom is 0.261 e. The van der Waals surface area contributed by atoms with Gasteiger partial charge in [0.05, 0.1) is 24.3 Å². The number of ether oxygens (including phenoxy) is 1. The summed E-state index contributed by atoms with van der Waals surface area (Å²) in [5.74, 6) is 2.68. The Morgan fingerprint density at radius 2 is 1.91 bits per heavy atom. The van der Waals surface area contributed by atoms with Crippen LogP contribution in [0, 0.1) is 6.92 Å². The first-order valence-corrected chi connectivity index (χ1v) is 11.3. The van der Waals surface area contributed by atoms with Gasteiger partial charge in [-0.15, -0.1) is 5.10 Å². The average molecular weight is 460 g/mol. The van der Waals surface area contributed by atoms with Crippen molar-refractivity contribution in [3.63, 3.8) is 0 Å². The number of aromatic nitrogens is 6. The number of nitrogens with one attached hydrogen (secondary N) is 1. The zero-order valence-corrected chi connectivity index (χ0v) is 18.9. The summed E-state index contributed by atoms with van der Waals surface area (Å²) in [6.45, 7) is 2.42. The molecule has 3 heterocycles. The Kier molecular flexibility index (Phi) is 5.66. The van der Waals surface area contributed by atoms with Crippen molar-refractivity contribution < 1.29 is 4.74 Å². The Morgan fingerprint density at radius 1 is 1.09 bits per heavy atom. The lowest BCUT2D eigenvalue weighted by molar-refractivity contribution is 0.415. The molecule has 0 saturated carbocycles. The highest BCUT2D eigenvalue weighted by Gasteiger charge is 2.11. The van der Waals surface area contributed by atoms with Crippen LogP contribution in [-0.2, 0) is 6.54 Å². The summed E-state index contributed by atoms with van der Waals surface area (Å²) in [6.07, 6.45) is 1.59. The van der Waals surface area contributed by atoms with E-state index in [9.17, 15) is 4.79 Å². The van der Waals surface area contributed by atoms with Gasteiger partial charge in [0.1, 0.15) is 11.6 Å². The van der Waals surface area contributed by atoms with Crippen molar-refractivity contribution in [2.75, 3.05) is 18.2 Å². The molecular formula is C23H21N7O2S. The fraction of sp³-hybridized carbons (Fsp3) is 0.174. The molecule has 3 aromatic heterocycles. The van der Waals surface area contributed by atoms with Crippen molar-refractivity contribution in [2.24, 2.45) is 0 Å². The van der Waals surface area contributed by atoms with Crippen molar-refractivity contribution in [3.05, 3.63) is 77.0 Å². The first-order valence-electron chi connectivity index (χ1n) is 10.3. The maximum atomic E-state index is 12.7. The molecule has 1 N–H and O–H groups in total. The molecule has 0 bridgehead atoms. The van der Waals surface area contributed by atoms with Crippen LogP contribution in [0.15, 0.2) is 70.9 Å². The lowest BCUT2D eigenvalue weighted by Crippen LogP contribution is -2.21. The number of nitrogens with zero attached hydrogens (tertiary/aromatic N) is 6. The van der Waals surface area contributed by atoms with Crippen LogP contribution in [0.2, 0.25) is 0 Å². The monoisotopic (exact) mass is 459 g/mol. The van der Waals surface area contributed by atoms with E-state index in [2.05, 4.69) is 25.4 Å². The van der Waals surface area contributed by atoms with Crippen molar-refractivity contribution >= 4 is 39.9 Å². The van der Waals surface area contributed by atoms with Crippen LogP contribution >= 0.6 is 11.8 Å². The van der Waals surface area contributed by atoms with Gasteiger partial charge < -0.3 is 10.1 Å². The zero-order valence-electron chi connectivity index (χ0n) is 18.1. The second-order valence-corrected chi connectivity index (χ2v) is 8.41. The Hall–Kier alpha value is -3.92. The number of anilines is 2. The zero-order chi connectivity index (χ0) is 22.8. The molecule has 0 spiro atoms. The van der Waals surface area contributed by atoms with Gasteiger partial charge in [0.2, 0.25) is 5.16 Å². The number of fused-ring (bicyclic) bond motifs is 2. The molecule has 0 fully saturated rings. The summed E-state index contributed by atoms with van der Waals surface area (Å²) in [5.41, 5.74) is 2.38. The SMILES string of the molecule is COc1ccc(Nc2cc(C)nc3nc(SCCn4cnc5ccccc5c4=O)nn23)cc1. The summed E-state index contributed by atoms with van der Waals surface area (Å²) >= 11 is 1.47. The third kappa shape index (κ3) is 4.37. The molecule has 166 valence electrons. The molecule has 0 aliphatic rings. The lowest BCUT2D eigenvalue weighted by Gasteiger charge is -2.09. The van der Waals surface area contributed by atoms with Gasteiger partial charge in [-0.3, -0.25) is 9.36 Å². The molecule has 0 aliphatic heterocycles. The number of methoxy groups -OCH3 is 1. The highest BCUT2D eigenvalue weighted by molar-refractivity contribution is 7.99. The lowest BCUT2D eigenvalue weighted by atomic mass is 10.2. The number of benzene rings is 2. The number of hydrogen-bond donors (Lipinski definition) is 1. The number of aryl methyl sites for hydroxylation is 2. The minimum absolute atomic E-state index is 0.0487. The quantitative estimate of drug-likeness (QED) is 0.368. The molecule has 0 radical (unpaired) electrons. The summed E-state index contributed by atoms with van der Waals surface area (Å²) in [6, 6.07) is 16.9. The summed E-state index contributed by atoms with van der Waals surface area (Å²) in [4.78, 5) is 26.1. The van der Waals surface area contributed by atoms with Gasteiger partial charge in [0.25, 0.3) is 11.3 Å². The predicted octanol–water partition coefficient (Wildman–Crippen LogP) is 3.69. The number of thioether (sulfide) groups is 1. The van der Waals surface area contributed by atoms with Gasteiger partial charge in [-0.25, -0.2) is 9.97 Å². The molecule has 0 atom stereocenters. The first kappa shape index (κ1) is 21.0. The Bertz CT molecular complexity index is 1500. The first-order chi connectivity index (χ1) is 16.1. The Balaban J connectivity index is 1.33. The molecule has 5 rings (SSSR count). The smallest absolute Gasteiger partial charge is 0.261 e. The molecule has 0 aliphatic carbocycles. The van der Waals surface area contributed by atoms with Crippen LogP contribution in [0.3, 0.4) is 0 Å². The van der Waals surface area contributed by atoms with E-state index >= 15 is 0 Å². The fourth-order valence-corrected chi connectivity index (χ4v) is 4.20. The van der Waals surface area contributed by atoms with E-state index in [4.69, 9.17) is 4.74 Å². The highest BCUT2D eigenvalue weighted by Crippen LogP contribution is 2.22. The minimum Gasteiger partial charge on any atom is -0.497 e. The molecule has 5 aromatic rings. The van der Waals surface area contributed by atoms with Crippen LogP contribution in [0.25, 0.3) is 16.7 Å². The van der Waals surface area contributed by atoms with Crippen LogP contribution in [0.4, 0.5) is 11.5 Å². The van der Waals surface area contributed by atoms with E-state index in [1.807, 2.05) is 55.5 Å². The summed E-state index contributed by atoms with van der Waals surface area (Å²) in [7, 11) is 1.64. The van der Waals surface area contributed by atoms with Gasteiger partial charge in [-0.05, 0) is 43.3 Å². The third-order valence-corrected chi connectivity index (χ3v) is 5.90. The second-order valence-electron chi connectivity index (χ2n) is 7.35. The number of rotatable bonds is 7. The molecule has 0 amide bonds. The van der Waals surface area contributed by atoms with Crippen LogP contribution in [0.1, 0.15) is 5.69 Å². The largest absolute Gasteiger partial charge is 0.497 e. The highest BCUT2D eigenvalue weighted by atomic mass is 32.2. The second kappa shape index (κ2) is 8.91. The maximum absolute atomic E-state index is 12.7. The van der Waals surface area contributed by atoms with Crippen molar-refractivity contribution in [1.82, 2.24) is 29.1 Å². The third-order valence-electron chi connectivity index (χ3n) is 5.08. The molecule has 33 heavy (non-hydrogen) atoms. The Labute approximate surface area is 193 Å². The van der Waals surface area contributed by atoms with Gasteiger partial charge in [0, 0.05) is 29.7 Å². The topological polar surface area (TPSA) is 99.2 Å². The van der Waals surface area contributed by atoms with E-state index < -0.39 is 0 Å². The van der Waals surface area contributed by atoms with Crippen LogP contribution in [0.5, 0.6) is 5.75 Å². The standard InChI is InChI=1S/C23H21N7O2S/c1-15-13-20(26-16-7-9-17(32-2)10-8-16)30-22(25-15)27-23(28-30)33-12-11-29-14-24-19-6-4-3-5-18(19)21(29)31/h3-10,13-14,26H,11-12H2,1-2H3. The normalized spacial score (nSPS) is 11.2. The minimum atomic E-state index is -0.0487. The average Bonchev–Trinajstić information content (AvgIpc) is 3.24. The Morgan fingerprint density at radius 3 is 2.73 bits per heavy atom. The van der Waals surface area contributed by atoms with E-state index in [0.29, 0.717) is 34.1 Å². The van der Waals surface area contributed by atoms with E-state index in [-0.39, 0.29) is 5.56 Å². The van der Waals surface area contributed by atoms with Gasteiger partial charge >= 0.3 is 0 Å². The molecule has 0 saturated heterocycles. The fourth-order valence-electron chi connectivity index (χ4n) is 3.44. The summed E-state index contributed by atoms with van der Waals surface area (Å²) < 4.78 is 8.52. The summed E-state index contributed by atoms with van der Waals surface area (Å²) in [5, 5.41) is 9.17. The number of hydrogen-bond acceptors (Lipinski definition) is 8. The molecule has 0 unspecified atom stereocenters. The van der Waals surface area contributed by atoms with Crippen LogP contribution in [-0.4, -0.2) is 42.0 Å². The van der Waals surface area contributed by atoms with Crippen molar-refractivity contribution in [1.29, 1.82) is 0 Å². The van der Waals surface area contributed by atoms with E-state index in [1.165, 1.54) is 11.8 Å². The van der Waals surface area contributed by atoms with Crippen molar-refractivity contribution in [3.8, 4) is 5.75 Å².